The van der Waals surface area contributed by atoms with E-state index in [2.05, 4.69) is 20.2 Å². The maximum atomic E-state index is 12.3. The van der Waals surface area contributed by atoms with Crippen LogP contribution in [0.4, 0.5) is 15.7 Å². The predicted octanol–water partition coefficient (Wildman–Crippen LogP) is 3.16. The fraction of sp³-hybridized carbons (Fsp3) is 0.400. The van der Waals surface area contributed by atoms with Crippen molar-refractivity contribution in [2.24, 2.45) is 0 Å². The van der Waals surface area contributed by atoms with Gasteiger partial charge in [-0.3, -0.25) is 5.32 Å². The molecule has 0 bridgehead atoms. The lowest BCUT2D eigenvalue weighted by Crippen LogP contribution is -2.50. The van der Waals surface area contributed by atoms with Crippen LogP contribution < -0.4 is 10.2 Å². The molecule has 1 aliphatic rings. The first-order chi connectivity index (χ1) is 11.0. The molecule has 2 aromatic heterocycles. The maximum Gasteiger partial charge on any atom is 0.323 e. The third-order valence-electron chi connectivity index (χ3n) is 3.85. The molecule has 8 heteroatoms. The molecule has 1 fully saturated rings. The summed E-state index contributed by atoms with van der Waals surface area (Å²) in [5, 5.41) is 4.16. The fourth-order valence-electron chi connectivity index (χ4n) is 2.39. The lowest BCUT2D eigenvalue weighted by molar-refractivity contribution is 0.208. The molecule has 2 amide bonds. The van der Waals surface area contributed by atoms with Crippen LogP contribution in [0.25, 0.3) is 0 Å². The summed E-state index contributed by atoms with van der Waals surface area (Å²) in [6, 6.07) is 3.64. The van der Waals surface area contributed by atoms with Crippen molar-refractivity contribution in [2.45, 2.75) is 13.8 Å². The number of nitrogens with zero attached hydrogens (tertiary/aromatic N) is 4. The third kappa shape index (κ3) is 3.73. The summed E-state index contributed by atoms with van der Waals surface area (Å²) in [6.07, 6.45) is 1.64. The maximum absolute atomic E-state index is 12.3. The van der Waals surface area contributed by atoms with Crippen molar-refractivity contribution in [3.8, 4) is 0 Å². The molecule has 3 rings (SSSR count). The van der Waals surface area contributed by atoms with E-state index in [-0.39, 0.29) is 6.03 Å². The van der Waals surface area contributed by atoms with Crippen LogP contribution in [0.1, 0.15) is 10.6 Å². The zero-order chi connectivity index (χ0) is 16.4. The van der Waals surface area contributed by atoms with E-state index in [1.807, 2.05) is 26.0 Å². The smallest absolute Gasteiger partial charge is 0.323 e. The summed E-state index contributed by atoms with van der Waals surface area (Å²) in [5.74, 6) is 0.889. The number of hydrogen-bond acceptors (Lipinski definition) is 5. The van der Waals surface area contributed by atoms with Gasteiger partial charge in [0.15, 0.2) is 5.13 Å². The Kier molecular flexibility index (Phi) is 4.68. The van der Waals surface area contributed by atoms with Gasteiger partial charge in [0.05, 0.1) is 10.7 Å². The molecule has 0 unspecified atom stereocenters. The highest BCUT2D eigenvalue weighted by molar-refractivity contribution is 7.15. The lowest BCUT2D eigenvalue weighted by atomic mass is 10.3. The van der Waals surface area contributed by atoms with Crippen LogP contribution in [0, 0.1) is 13.8 Å². The van der Waals surface area contributed by atoms with Crippen molar-refractivity contribution in [3.05, 3.63) is 33.9 Å². The Labute approximate surface area is 144 Å². The average Bonchev–Trinajstić information content (AvgIpc) is 2.86. The van der Waals surface area contributed by atoms with E-state index in [1.54, 1.807) is 11.1 Å². The van der Waals surface area contributed by atoms with Gasteiger partial charge in [0.25, 0.3) is 0 Å². The van der Waals surface area contributed by atoms with Crippen LogP contribution in [0.3, 0.4) is 0 Å². The molecule has 6 nitrogen and oxygen atoms in total. The Balaban J connectivity index is 1.55. The third-order valence-corrected chi connectivity index (χ3v) is 5.06. The van der Waals surface area contributed by atoms with Gasteiger partial charge in [-0.25, -0.2) is 14.8 Å². The van der Waals surface area contributed by atoms with Gasteiger partial charge in [-0.1, -0.05) is 11.6 Å². The Bertz CT molecular complexity index is 675. The summed E-state index contributed by atoms with van der Waals surface area (Å²) in [7, 11) is 0. The summed E-state index contributed by atoms with van der Waals surface area (Å²) in [4.78, 5) is 26.0. The second-order valence-corrected chi connectivity index (χ2v) is 7.04. The van der Waals surface area contributed by atoms with Crippen molar-refractivity contribution < 1.29 is 4.79 Å². The number of rotatable bonds is 2. The molecule has 2 aromatic rings. The summed E-state index contributed by atoms with van der Waals surface area (Å²) < 4.78 is 0. The van der Waals surface area contributed by atoms with Crippen molar-refractivity contribution in [1.82, 2.24) is 14.9 Å². The van der Waals surface area contributed by atoms with E-state index in [1.165, 1.54) is 11.3 Å². The van der Waals surface area contributed by atoms with Gasteiger partial charge >= 0.3 is 6.03 Å². The van der Waals surface area contributed by atoms with Crippen molar-refractivity contribution in [2.75, 3.05) is 36.4 Å². The normalized spacial score (nSPS) is 14.9. The number of anilines is 2. The first kappa shape index (κ1) is 16.0. The van der Waals surface area contributed by atoms with Crippen LogP contribution in [0.15, 0.2) is 18.3 Å². The molecular formula is C15H18ClN5OS. The van der Waals surface area contributed by atoms with Crippen molar-refractivity contribution >= 4 is 39.9 Å². The van der Waals surface area contributed by atoms with Gasteiger partial charge in [-0.15, -0.1) is 11.3 Å². The molecular weight excluding hydrogens is 334 g/mol. The highest BCUT2D eigenvalue weighted by atomic mass is 35.5. The number of carbonyl (C=O) groups excluding carboxylic acids is 1. The number of amides is 2. The lowest BCUT2D eigenvalue weighted by Gasteiger charge is -2.35. The van der Waals surface area contributed by atoms with Crippen LogP contribution in [0.5, 0.6) is 0 Å². The number of halogens is 1. The molecule has 122 valence electrons. The molecule has 0 aliphatic carbocycles. The number of hydrogen-bond donors (Lipinski definition) is 1. The summed E-state index contributed by atoms with van der Waals surface area (Å²) in [5.41, 5.74) is 0.962. The van der Waals surface area contributed by atoms with E-state index >= 15 is 0 Å². The highest BCUT2D eigenvalue weighted by Gasteiger charge is 2.22. The highest BCUT2D eigenvalue weighted by Crippen LogP contribution is 2.22. The van der Waals surface area contributed by atoms with E-state index in [0.29, 0.717) is 23.2 Å². The van der Waals surface area contributed by atoms with E-state index in [9.17, 15) is 4.79 Å². The van der Waals surface area contributed by atoms with Gasteiger partial charge in [-0.2, -0.15) is 0 Å². The molecule has 1 N–H and O–H groups in total. The Morgan fingerprint density at radius 2 is 2.00 bits per heavy atom. The molecule has 1 aliphatic heterocycles. The number of urea groups is 1. The van der Waals surface area contributed by atoms with Gasteiger partial charge in [-0.05, 0) is 26.0 Å². The second kappa shape index (κ2) is 6.72. The molecule has 3 heterocycles. The molecule has 0 saturated carbocycles. The van der Waals surface area contributed by atoms with Gasteiger partial charge < -0.3 is 9.80 Å². The van der Waals surface area contributed by atoms with Crippen molar-refractivity contribution in [1.29, 1.82) is 0 Å². The zero-order valence-electron chi connectivity index (χ0n) is 13.0. The van der Waals surface area contributed by atoms with Crippen LogP contribution in [0.2, 0.25) is 5.02 Å². The first-order valence-electron chi connectivity index (χ1n) is 7.39. The number of nitrogens with one attached hydrogen (secondary N) is 1. The monoisotopic (exact) mass is 351 g/mol. The average molecular weight is 352 g/mol. The SMILES string of the molecule is Cc1nc(NC(=O)N2CCN(c3ccc(Cl)cn3)CC2)sc1C. The molecule has 0 radical (unpaired) electrons. The Morgan fingerprint density at radius 3 is 2.57 bits per heavy atom. The van der Waals surface area contributed by atoms with Crippen molar-refractivity contribution in [3.63, 3.8) is 0 Å². The predicted molar refractivity (Wildman–Crippen MR) is 93.6 cm³/mol. The second-order valence-electron chi connectivity index (χ2n) is 5.40. The largest absolute Gasteiger partial charge is 0.353 e. The van der Waals surface area contributed by atoms with Crippen LogP contribution >= 0.6 is 22.9 Å². The quantitative estimate of drug-likeness (QED) is 0.902. The number of aryl methyl sites for hydroxylation is 2. The first-order valence-corrected chi connectivity index (χ1v) is 8.59. The number of piperazine rings is 1. The fourth-order valence-corrected chi connectivity index (χ4v) is 3.31. The Hall–Kier alpha value is -1.86. The number of pyridine rings is 1. The molecule has 1 saturated heterocycles. The van der Waals surface area contributed by atoms with Crippen LogP contribution in [-0.4, -0.2) is 47.1 Å². The number of aromatic nitrogens is 2. The molecule has 23 heavy (non-hydrogen) atoms. The minimum absolute atomic E-state index is 0.0949. The standard InChI is InChI=1S/C15H18ClN5OS/c1-10-11(2)23-14(18-10)19-15(22)21-7-5-20(6-8-21)13-4-3-12(16)9-17-13/h3-4,9H,5-8H2,1-2H3,(H,18,19,22). The minimum atomic E-state index is -0.0949. The van der Waals surface area contributed by atoms with Crippen LogP contribution in [-0.2, 0) is 0 Å². The summed E-state index contributed by atoms with van der Waals surface area (Å²) >= 11 is 7.36. The number of thiazole rings is 1. The number of carbonyl (C=O) groups is 1. The molecule has 0 atom stereocenters. The zero-order valence-corrected chi connectivity index (χ0v) is 14.6. The topological polar surface area (TPSA) is 61.4 Å². The molecule has 0 aromatic carbocycles. The van der Waals surface area contributed by atoms with E-state index in [4.69, 9.17) is 11.6 Å². The van der Waals surface area contributed by atoms with E-state index < -0.39 is 0 Å². The Morgan fingerprint density at radius 1 is 1.26 bits per heavy atom. The van der Waals surface area contributed by atoms with E-state index in [0.717, 1.165) is 29.5 Å². The van der Waals surface area contributed by atoms with Gasteiger partial charge in [0.1, 0.15) is 5.82 Å². The summed E-state index contributed by atoms with van der Waals surface area (Å²) in [6.45, 7) is 6.74. The minimum Gasteiger partial charge on any atom is -0.353 e. The molecule has 0 spiro atoms. The van der Waals surface area contributed by atoms with Gasteiger partial charge in [0.2, 0.25) is 0 Å². The van der Waals surface area contributed by atoms with Gasteiger partial charge in [0, 0.05) is 37.3 Å².